The Kier molecular flexibility index (Phi) is 5.98. The fraction of sp³-hybridized carbons (Fsp3) is 0.643. The van der Waals surface area contributed by atoms with Crippen molar-refractivity contribution in [2.75, 3.05) is 7.11 Å². The van der Waals surface area contributed by atoms with Gasteiger partial charge in [0.1, 0.15) is 0 Å². The van der Waals surface area contributed by atoms with Gasteiger partial charge in [-0.3, -0.25) is 0 Å². The molecular formula is C14H24N2O. The number of hydrogen-bond donors (Lipinski definition) is 1. The summed E-state index contributed by atoms with van der Waals surface area (Å²) in [4.78, 5) is 4.20. The molecule has 96 valence electrons. The maximum Gasteiger partial charge on any atom is 0.212 e. The Hall–Kier alpha value is -1.09. The molecule has 1 unspecified atom stereocenters. The van der Waals surface area contributed by atoms with E-state index in [0.717, 1.165) is 12.5 Å². The highest BCUT2D eigenvalue weighted by atomic mass is 16.5. The Morgan fingerprint density at radius 1 is 1.29 bits per heavy atom. The van der Waals surface area contributed by atoms with Crippen LogP contribution < -0.4 is 10.1 Å². The average molecular weight is 236 g/mol. The molecule has 0 saturated carbocycles. The van der Waals surface area contributed by atoms with Gasteiger partial charge in [0.15, 0.2) is 0 Å². The van der Waals surface area contributed by atoms with E-state index in [1.165, 1.54) is 18.4 Å². The lowest BCUT2D eigenvalue weighted by atomic mass is 9.95. The second-order valence-corrected chi connectivity index (χ2v) is 4.45. The molecule has 0 radical (unpaired) electrons. The molecule has 0 bridgehead atoms. The van der Waals surface area contributed by atoms with E-state index in [-0.39, 0.29) is 0 Å². The van der Waals surface area contributed by atoms with Crippen LogP contribution in [-0.2, 0) is 6.54 Å². The first kappa shape index (κ1) is 14.0. The van der Waals surface area contributed by atoms with E-state index in [9.17, 15) is 0 Å². The smallest absolute Gasteiger partial charge is 0.212 e. The first-order chi connectivity index (χ1) is 8.21. The van der Waals surface area contributed by atoms with Crippen molar-refractivity contribution < 1.29 is 4.74 Å². The number of nitrogens with zero attached hydrogens (tertiary/aromatic N) is 1. The lowest BCUT2D eigenvalue weighted by Gasteiger charge is -2.22. The first-order valence-electron chi connectivity index (χ1n) is 6.43. The van der Waals surface area contributed by atoms with Crippen molar-refractivity contribution in [3.63, 3.8) is 0 Å². The van der Waals surface area contributed by atoms with Crippen LogP contribution in [0.4, 0.5) is 0 Å². The zero-order valence-corrected chi connectivity index (χ0v) is 11.4. The maximum absolute atomic E-state index is 5.04. The van der Waals surface area contributed by atoms with E-state index in [0.29, 0.717) is 11.9 Å². The van der Waals surface area contributed by atoms with E-state index in [1.54, 1.807) is 7.11 Å². The summed E-state index contributed by atoms with van der Waals surface area (Å²) in [6.45, 7) is 7.63. The molecule has 0 aromatic carbocycles. The average Bonchev–Trinajstić information content (AvgIpc) is 2.38. The number of hydrogen-bond acceptors (Lipinski definition) is 3. The Morgan fingerprint density at radius 3 is 2.47 bits per heavy atom. The van der Waals surface area contributed by atoms with Crippen molar-refractivity contribution in [3.8, 4) is 5.88 Å². The van der Waals surface area contributed by atoms with Crippen LogP contribution in [0.3, 0.4) is 0 Å². The van der Waals surface area contributed by atoms with Crippen LogP contribution in [0, 0.1) is 5.92 Å². The summed E-state index contributed by atoms with van der Waals surface area (Å²) in [5, 5.41) is 3.56. The highest BCUT2D eigenvalue weighted by Crippen LogP contribution is 2.13. The fourth-order valence-electron chi connectivity index (χ4n) is 2.08. The SMILES string of the molecule is CCC(CC)C(C)NCc1ccc(OC)nc1. The van der Waals surface area contributed by atoms with Crippen molar-refractivity contribution in [1.82, 2.24) is 10.3 Å². The molecule has 3 heteroatoms. The number of ether oxygens (including phenoxy) is 1. The summed E-state index contributed by atoms with van der Waals surface area (Å²) in [6, 6.07) is 4.50. The second-order valence-electron chi connectivity index (χ2n) is 4.45. The lowest BCUT2D eigenvalue weighted by Crippen LogP contribution is -2.32. The van der Waals surface area contributed by atoms with Gasteiger partial charge in [0, 0.05) is 24.8 Å². The molecule has 17 heavy (non-hydrogen) atoms. The van der Waals surface area contributed by atoms with Gasteiger partial charge < -0.3 is 10.1 Å². The van der Waals surface area contributed by atoms with Gasteiger partial charge >= 0.3 is 0 Å². The van der Waals surface area contributed by atoms with Crippen LogP contribution in [0.15, 0.2) is 18.3 Å². The molecule has 1 aromatic heterocycles. The van der Waals surface area contributed by atoms with Crippen LogP contribution in [0.1, 0.15) is 39.2 Å². The predicted molar refractivity (Wildman–Crippen MR) is 71.2 cm³/mol. The largest absolute Gasteiger partial charge is 0.481 e. The van der Waals surface area contributed by atoms with Gasteiger partial charge in [-0.05, 0) is 18.4 Å². The quantitative estimate of drug-likeness (QED) is 0.790. The Bertz CT molecular complexity index is 307. The third-order valence-electron chi connectivity index (χ3n) is 3.39. The number of pyridine rings is 1. The molecular weight excluding hydrogens is 212 g/mol. The summed E-state index contributed by atoms with van der Waals surface area (Å²) in [5.74, 6) is 1.42. The van der Waals surface area contributed by atoms with Gasteiger partial charge in [-0.1, -0.05) is 32.8 Å². The van der Waals surface area contributed by atoms with Crippen molar-refractivity contribution >= 4 is 0 Å². The van der Waals surface area contributed by atoms with Crippen molar-refractivity contribution in [1.29, 1.82) is 0 Å². The fourth-order valence-corrected chi connectivity index (χ4v) is 2.08. The van der Waals surface area contributed by atoms with Crippen molar-refractivity contribution in [2.45, 2.75) is 46.2 Å². The number of aromatic nitrogens is 1. The minimum atomic E-state index is 0.548. The minimum Gasteiger partial charge on any atom is -0.481 e. The Morgan fingerprint density at radius 2 is 2.00 bits per heavy atom. The summed E-state index contributed by atoms with van der Waals surface area (Å²) in [5.41, 5.74) is 1.20. The third-order valence-corrected chi connectivity index (χ3v) is 3.39. The molecule has 1 atom stereocenters. The van der Waals surface area contributed by atoms with Gasteiger partial charge in [0.25, 0.3) is 0 Å². The molecule has 0 spiro atoms. The maximum atomic E-state index is 5.04. The number of nitrogens with one attached hydrogen (secondary N) is 1. The van der Waals surface area contributed by atoms with Gasteiger partial charge in [0.05, 0.1) is 7.11 Å². The van der Waals surface area contributed by atoms with Crippen LogP contribution in [0.5, 0.6) is 5.88 Å². The molecule has 0 amide bonds. The van der Waals surface area contributed by atoms with E-state index >= 15 is 0 Å². The van der Waals surface area contributed by atoms with Crippen LogP contribution in [0.25, 0.3) is 0 Å². The normalized spacial score (nSPS) is 12.8. The molecule has 1 N–H and O–H groups in total. The second kappa shape index (κ2) is 7.28. The minimum absolute atomic E-state index is 0.548. The van der Waals surface area contributed by atoms with Gasteiger partial charge in [0.2, 0.25) is 5.88 Å². The van der Waals surface area contributed by atoms with Crippen LogP contribution in [-0.4, -0.2) is 18.1 Å². The Labute approximate surface area is 105 Å². The molecule has 0 saturated heterocycles. The van der Waals surface area contributed by atoms with Crippen molar-refractivity contribution in [3.05, 3.63) is 23.9 Å². The molecule has 0 aliphatic carbocycles. The zero-order chi connectivity index (χ0) is 12.7. The molecule has 1 aromatic rings. The van der Waals surface area contributed by atoms with E-state index in [1.807, 2.05) is 12.3 Å². The molecule has 3 nitrogen and oxygen atoms in total. The Balaban J connectivity index is 2.43. The third kappa shape index (κ3) is 4.35. The zero-order valence-electron chi connectivity index (χ0n) is 11.4. The van der Waals surface area contributed by atoms with Crippen molar-refractivity contribution in [2.24, 2.45) is 5.92 Å². The standard InChI is InChI=1S/C14H24N2O/c1-5-13(6-2)11(3)15-9-12-7-8-14(17-4)16-10-12/h7-8,10-11,13,15H,5-6,9H2,1-4H3. The number of methoxy groups -OCH3 is 1. The van der Waals surface area contributed by atoms with E-state index in [2.05, 4.69) is 37.1 Å². The summed E-state index contributed by atoms with van der Waals surface area (Å²) in [6.07, 6.45) is 4.32. The predicted octanol–water partition coefficient (Wildman–Crippen LogP) is 3.00. The monoisotopic (exact) mass is 236 g/mol. The van der Waals surface area contributed by atoms with Gasteiger partial charge in [-0.2, -0.15) is 0 Å². The summed E-state index contributed by atoms with van der Waals surface area (Å²) >= 11 is 0. The van der Waals surface area contributed by atoms with E-state index in [4.69, 9.17) is 4.74 Å². The van der Waals surface area contributed by atoms with Gasteiger partial charge in [-0.25, -0.2) is 4.98 Å². The van der Waals surface area contributed by atoms with Crippen LogP contribution >= 0.6 is 0 Å². The lowest BCUT2D eigenvalue weighted by molar-refractivity contribution is 0.352. The van der Waals surface area contributed by atoms with Gasteiger partial charge in [-0.15, -0.1) is 0 Å². The highest BCUT2D eigenvalue weighted by Gasteiger charge is 2.12. The molecule has 1 rings (SSSR count). The molecule has 1 heterocycles. The topological polar surface area (TPSA) is 34.1 Å². The first-order valence-corrected chi connectivity index (χ1v) is 6.43. The van der Waals surface area contributed by atoms with Crippen LogP contribution in [0.2, 0.25) is 0 Å². The number of rotatable bonds is 7. The highest BCUT2D eigenvalue weighted by molar-refractivity contribution is 5.17. The summed E-state index contributed by atoms with van der Waals surface area (Å²) in [7, 11) is 1.63. The molecule has 0 aliphatic rings. The summed E-state index contributed by atoms with van der Waals surface area (Å²) < 4.78 is 5.04. The van der Waals surface area contributed by atoms with E-state index < -0.39 is 0 Å². The molecule has 0 fully saturated rings. The molecule has 0 aliphatic heterocycles.